The van der Waals surface area contributed by atoms with Crippen LogP contribution in [0.4, 0.5) is 0 Å². The predicted octanol–water partition coefficient (Wildman–Crippen LogP) is 5.87. The van der Waals surface area contributed by atoms with E-state index in [0.717, 1.165) is 28.0 Å². The molecule has 160 valence electrons. The van der Waals surface area contributed by atoms with Crippen molar-refractivity contribution in [3.8, 4) is 22.6 Å². The highest BCUT2D eigenvalue weighted by atomic mass is 16.5. The Labute approximate surface area is 188 Å². The minimum atomic E-state index is -0.156. The van der Waals surface area contributed by atoms with E-state index in [2.05, 4.69) is 5.32 Å². The van der Waals surface area contributed by atoms with Gasteiger partial charge in [0.05, 0.1) is 12.7 Å². The molecule has 4 aromatic carbocycles. The van der Waals surface area contributed by atoms with Gasteiger partial charge in [0.15, 0.2) is 0 Å². The van der Waals surface area contributed by atoms with Crippen LogP contribution in [-0.2, 0) is 13.2 Å². The topological polar surface area (TPSA) is 47.6 Å². The van der Waals surface area contributed by atoms with Gasteiger partial charge in [0, 0.05) is 6.54 Å². The van der Waals surface area contributed by atoms with Crippen LogP contribution in [0.5, 0.6) is 11.5 Å². The zero-order chi connectivity index (χ0) is 22.2. The second-order valence-electron chi connectivity index (χ2n) is 7.38. The smallest absolute Gasteiger partial charge is 0.252 e. The van der Waals surface area contributed by atoms with Gasteiger partial charge in [-0.3, -0.25) is 4.79 Å². The fraction of sp³-hybridized carbons (Fsp3) is 0.107. The van der Waals surface area contributed by atoms with E-state index in [-0.39, 0.29) is 5.91 Å². The number of carbonyl (C=O) groups excluding carboxylic acids is 1. The molecule has 0 unspecified atom stereocenters. The van der Waals surface area contributed by atoms with Gasteiger partial charge < -0.3 is 14.8 Å². The summed E-state index contributed by atoms with van der Waals surface area (Å²) in [4.78, 5) is 13.2. The summed E-state index contributed by atoms with van der Waals surface area (Å²) in [5.41, 5.74) is 4.39. The molecule has 0 aliphatic carbocycles. The van der Waals surface area contributed by atoms with Gasteiger partial charge in [0.25, 0.3) is 5.91 Å². The number of hydrogen-bond donors (Lipinski definition) is 1. The first kappa shape index (κ1) is 21.2. The number of ether oxygens (including phenoxy) is 2. The van der Waals surface area contributed by atoms with Crippen LogP contribution in [-0.4, -0.2) is 13.0 Å². The molecule has 4 nitrogen and oxygen atoms in total. The molecule has 1 N–H and O–H groups in total. The molecule has 0 fully saturated rings. The summed E-state index contributed by atoms with van der Waals surface area (Å²) in [6.07, 6.45) is 0. The first-order valence-corrected chi connectivity index (χ1v) is 10.5. The Kier molecular flexibility index (Phi) is 6.83. The Hall–Kier alpha value is -4.05. The van der Waals surface area contributed by atoms with Crippen LogP contribution in [0.2, 0.25) is 0 Å². The van der Waals surface area contributed by atoms with E-state index in [1.165, 1.54) is 0 Å². The number of hydrogen-bond acceptors (Lipinski definition) is 3. The van der Waals surface area contributed by atoms with Crippen molar-refractivity contribution in [2.75, 3.05) is 7.11 Å². The second kappa shape index (κ2) is 10.3. The van der Waals surface area contributed by atoms with Crippen molar-refractivity contribution in [1.29, 1.82) is 0 Å². The standard InChI is InChI=1S/C28H25NO3/c1-31-24-14-8-13-23(17-24)26-16-15-25(32-20-22-11-6-3-7-12-22)18-27(26)28(30)29-19-21-9-4-2-5-10-21/h2-18H,19-20H2,1H3,(H,29,30). The van der Waals surface area contributed by atoms with E-state index in [9.17, 15) is 4.79 Å². The summed E-state index contributed by atoms with van der Waals surface area (Å²) >= 11 is 0. The van der Waals surface area contributed by atoms with Gasteiger partial charge in [-0.2, -0.15) is 0 Å². The van der Waals surface area contributed by atoms with E-state index >= 15 is 0 Å². The van der Waals surface area contributed by atoms with Crippen LogP contribution in [0, 0.1) is 0 Å². The molecule has 32 heavy (non-hydrogen) atoms. The maximum Gasteiger partial charge on any atom is 0.252 e. The Morgan fingerprint density at radius 1 is 0.750 bits per heavy atom. The average Bonchev–Trinajstić information content (AvgIpc) is 2.87. The molecule has 4 aromatic rings. The molecule has 0 aliphatic rings. The first-order valence-electron chi connectivity index (χ1n) is 10.5. The highest BCUT2D eigenvalue weighted by molar-refractivity contribution is 6.01. The lowest BCUT2D eigenvalue weighted by Gasteiger charge is -2.14. The summed E-state index contributed by atoms with van der Waals surface area (Å²) in [6.45, 7) is 0.886. The summed E-state index contributed by atoms with van der Waals surface area (Å²) in [7, 11) is 1.63. The molecule has 0 saturated carbocycles. The zero-order valence-electron chi connectivity index (χ0n) is 18.0. The van der Waals surface area contributed by atoms with E-state index in [1.807, 2.05) is 97.1 Å². The van der Waals surface area contributed by atoms with Crippen LogP contribution in [0.3, 0.4) is 0 Å². The molecule has 1 amide bonds. The van der Waals surface area contributed by atoms with Crippen molar-refractivity contribution in [3.63, 3.8) is 0 Å². The van der Waals surface area contributed by atoms with Gasteiger partial charge in [-0.15, -0.1) is 0 Å². The molecule has 0 aliphatic heterocycles. The van der Waals surface area contributed by atoms with E-state index < -0.39 is 0 Å². The highest BCUT2D eigenvalue weighted by Crippen LogP contribution is 2.30. The van der Waals surface area contributed by atoms with Gasteiger partial charge in [0.2, 0.25) is 0 Å². The molecule has 4 rings (SSSR count). The van der Waals surface area contributed by atoms with Crippen LogP contribution in [0.25, 0.3) is 11.1 Å². The van der Waals surface area contributed by atoms with Crippen molar-refractivity contribution < 1.29 is 14.3 Å². The second-order valence-corrected chi connectivity index (χ2v) is 7.38. The molecule has 0 heterocycles. The Morgan fingerprint density at radius 3 is 2.19 bits per heavy atom. The van der Waals surface area contributed by atoms with E-state index in [4.69, 9.17) is 9.47 Å². The van der Waals surface area contributed by atoms with Gasteiger partial charge >= 0.3 is 0 Å². The SMILES string of the molecule is COc1cccc(-c2ccc(OCc3ccccc3)cc2C(=O)NCc2ccccc2)c1. The Bertz CT molecular complexity index is 1170. The third-order valence-electron chi connectivity index (χ3n) is 5.16. The Morgan fingerprint density at radius 2 is 1.47 bits per heavy atom. The summed E-state index contributed by atoms with van der Waals surface area (Å²) < 4.78 is 11.3. The maximum atomic E-state index is 13.2. The quantitative estimate of drug-likeness (QED) is 0.385. The van der Waals surface area contributed by atoms with Crippen molar-refractivity contribution in [3.05, 3.63) is 120 Å². The first-order chi connectivity index (χ1) is 15.7. The van der Waals surface area contributed by atoms with Crippen LogP contribution in [0.15, 0.2) is 103 Å². The fourth-order valence-electron chi connectivity index (χ4n) is 3.46. The number of methoxy groups -OCH3 is 1. The minimum absolute atomic E-state index is 0.156. The zero-order valence-corrected chi connectivity index (χ0v) is 18.0. The summed E-state index contributed by atoms with van der Waals surface area (Å²) in [5, 5.41) is 3.03. The summed E-state index contributed by atoms with van der Waals surface area (Å²) in [5.74, 6) is 1.23. The highest BCUT2D eigenvalue weighted by Gasteiger charge is 2.15. The van der Waals surface area contributed by atoms with Crippen molar-refractivity contribution in [2.45, 2.75) is 13.2 Å². The number of nitrogens with one attached hydrogen (secondary N) is 1. The normalized spacial score (nSPS) is 10.4. The monoisotopic (exact) mass is 423 g/mol. The number of rotatable bonds is 8. The van der Waals surface area contributed by atoms with Crippen LogP contribution < -0.4 is 14.8 Å². The largest absolute Gasteiger partial charge is 0.497 e. The molecular weight excluding hydrogens is 398 g/mol. The molecule has 0 atom stereocenters. The van der Waals surface area contributed by atoms with Gasteiger partial charge in [0.1, 0.15) is 18.1 Å². The van der Waals surface area contributed by atoms with Gasteiger partial charge in [-0.1, -0.05) is 72.8 Å². The minimum Gasteiger partial charge on any atom is -0.497 e. The van der Waals surface area contributed by atoms with Gasteiger partial charge in [-0.25, -0.2) is 0 Å². The molecule has 0 spiro atoms. The molecule has 0 aromatic heterocycles. The molecule has 0 radical (unpaired) electrons. The number of benzene rings is 4. The predicted molar refractivity (Wildman–Crippen MR) is 127 cm³/mol. The van der Waals surface area contributed by atoms with Crippen molar-refractivity contribution >= 4 is 5.91 Å². The van der Waals surface area contributed by atoms with E-state index in [0.29, 0.717) is 24.5 Å². The molecular formula is C28H25NO3. The molecule has 0 bridgehead atoms. The molecule has 0 saturated heterocycles. The van der Waals surface area contributed by atoms with Crippen LogP contribution in [0.1, 0.15) is 21.5 Å². The lowest BCUT2D eigenvalue weighted by Crippen LogP contribution is -2.23. The maximum absolute atomic E-state index is 13.2. The lowest BCUT2D eigenvalue weighted by atomic mass is 9.98. The van der Waals surface area contributed by atoms with Crippen molar-refractivity contribution in [2.24, 2.45) is 0 Å². The summed E-state index contributed by atoms with van der Waals surface area (Å²) in [6, 6.07) is 33.1. The van der Waals surface area contributed by atoms with Crippen LogP contribution >= 0.6 is 0 Å². The number of carbonyl (C=O) groups is 1. The third kappa shape index (κ3) is 5.35. The Balaban J connectivity index is 1.61. The van der Waals surface area contributed by atoms with E-state index in [1.54, 1.807) is 13.2 Å². The number of amides is 1. The third-order valence-corrected chi connectivity index (χ3v) is 5.16. The van der Waals surface area contributed by atoms with Gasteiger partial charge in [-0.05, 0) is 52.6 Å². The fourth-order valence-corrected chi connectivity index (χ4v) is 3.46. The van der Waals surface area contributed by atoms with Crippen molar-refractivity contribution in [1.82, 2.24) is 5.32 Å². The average molecular weight is 424 g/mol. The lowest BCUT2D eigenvalue weighted by molar-refractivity contribution is 0.0951. The molecule has 4 heteroatoms.